The van der Waals surface area contributed by atoms with Crippen LogP contribution in [0.4, 0.5) is 5.95 Å². The van der Waals surface area contributed by atoms with E-state index in [2.05, 4.69) is 46.7 Å². The van der Waals surface area contributed by atoms with E-state index < -0.39 is 0 Å². The zero-order valence-electron chi connectivity index (χ0n) is 12.2. The van der Waals surface area contributed by atoms with E-state index in [9.17, 15) is 0 Å². The van der Waals surface area contributed by atoms with Gasteiger partial charge >= 0.3 is 0 Å². The van der Waals surface area contributed by atoms with Gasteiger partial charge in [-0.05, 0) is 32.5 Å². The first kappa shape index (κ1) is 15.0. The molecule has 1 N–H and O–H groups in total. The van der Waals surface area contributed by atoms with Crippen LogP contribution in [0.1, 0.15) is 40.0 Å². The van der Waals surface area contributed by atoms with Crippen LogP contribution in [0.25, 0.3) is 0 Å². The van der Waals surface area contributed by atoms with Gasteiger partial charge < -0.3 is 14.8 Å². The van der Waals surface area contributed by atoms with E-state index in [1.165, 1.54) is 25.8 Å². The van der Waals surface area contributed by atoms with Crippen LogP contribution in [-0.2, 0) is 6.54 Å². The molecule has 0 unspecified atom stereocenters. The van der Waals surface area contributed by atoms with Crippen LogP contribution < -0.4 is 5.32 Å². The van der Waals surface area contributed by atoms with Crippen molar-refractivity contribution in [3.05, 3.63) is 12.4 Å². The molecular weight excluding hydrogens is 224 g/mol. The first-order chi connectivity index (χ1) is 8.81. The van der Waals surface area contributed by atoms with Crippen LogP contribution in [0.5, 0.6) is 0 Å². The maximum atomic E-state index is 4.36. The van der Waals surface area contributed by atoms with Crippen molar-refractivity contribution in [3.63, 3.8) is 0 Å². The minimum absolute atomic E-state index is 1.02. The zero-order valence-corrected chi connectivity index (χ0v) is 12.2. The summed E-state index contributed by atoms with van der Waals surface area (Å²) in [7, 11) is 0. The van der Waals surface area contributed by atoms with Crippen LogP contribution in [0.2, 0.25) is 0 Å². The number of anilines is 1. The lowest BCUT2D eigenvalue weighted by Gasteiger charge is -2.18. The molecule has 18 heavy (non-hydrogen) atoms. The second-order valence-corrected chi connectivity index (χ2v) is 4.61. The van der Waals surface area contributed by atoms with E-state index in [-0.39, 0.29) is 0 Å². The highest BCUT2D eigenvalue weighted by Gasteiger charge is 2.03. The Hall–Kier alpha value is -1.03. The van der Waals surface area contributed by atoms with Crippen molar-refractivity contribution >= 4 is 5.95 Å². The number of rotatable bonds is 10. The number of aryl methyl sites for hydroxylation is 1. The van der Waals surface area contributed by atoms with Crippen molar-refractivity contribution in [3.8, 4) is 0 Å². The summed E-state index contributed by atoms with van der Waals surface area (Å²) in [5, 5.41) is 3.40. The third kappa shape index (κ3) is 5.08. The van der Waals surface area contributed by atoms with Gasteiger partial charge in [0.05, 0.1) is 0 Å². The lowest BCUT2D eigenvalue weighted by molar-refractivity contribution is 0.293. The van der Waals surface area contributed by atoms with Crippen molar-refractivity contribution in [2.24, 2.45) is 0 Å². The van der Waals surface area contributed by atoms with Crippen LogP contribution in [0.3, 0.4) is 0 Å². The van der Waals surface area contributed by atoms with Crippen molar-refractivity contribution in [2.75, 3.05) is 31.5 Å². The predicted molar refractivity (Wildman–Crippen MR) is 78.0 cm³/mol. The minimum Gasteiger partial charge on any atom is -0.356 e. The molecule has 1 aromatic heterocycles. The summed E-state index contributed by atoms with van der Waals surface area (Å²) in [4.78, 5) is 6.82. The van der Waals surface area contributed by atoms with E-state index in [1.807, 2.05) is 6.20 Å². The van der Waals surface area contributed by atoms with Crippen molar-refractivity contribution < 1.29 is 0 Å². The molecule has 0 bridgehead atoms. The smallest absolute Gasteiger partial charge is 0.202 e. The maximum absolute atomic E-state index is 4.36. The molecule has 0 spiro atoms. The Morgan fingerprint density at radius 1 is 1.22 bits per heavy atom. The largest absolute Gasteiger partial charge is 0.356 e. The third-order valence-corrected chi connectivity index (χ3v) is 3.30. The molecular formula is C14H28N4. The molecule has 0 aromatic carbocycles. The molecule has 0 amide bonds. The van der Waals surface area contributed by atoms with Gasteiger partial charge in [0.25, 0.3) is 0 Å². The molecule has 0 saturated heterocycles. The second kappa shape index (κ2) is 8.97. The van der Waals surface area contributed by atoms with E-state index >= 15 is 0 Å². The summed E-state index contributed by atoms with van der Waals surface area (Å²) in [6.45, 7) is 12.2. The summed E-state index contributed by atoms with van der Waals surface area (Å²) in [6.07, 6.45) is 7.55. The lowest BCUT2D eigenvalue weighted by atomic mass is 10.3. The SMILES string of the molecule is CCCCNc1nccn1CCCN(CC)CC. The fourth-order valence-corrected chi connectivity index (χ4v) is 2.04. The number of nitrogens with one attached hydrogen (secondary N) is 1. The molecule has 0 aliphatic carbocycles. The van der Waals surface area contributed by atoms with Gasteiger partial charge in [0.2, 0.25) is 5.95 Å². The van der Waals surface area contributed by atoms with Crippen molar-refractivity contribution in [2.45, 2.75) is 46.6 Å². The van der Waals surface area contributed by atoms with Gasteiger partial charge in [-0.15, -0.1) is 0 Å². The summed E-state index contributed by atoms with van der Waals surface area (Å²) in [6, 6.07) is 0. The molecule has 0 aliphatic rings. The molecule has 4 nitrogen and oxygen atoms in total. The van der Waals surface area contributed by atoms with Gasteiger partial charge in [0.1, 0.15) is 0 Å². The Morgan fingerprint density at radius 3 is 2.67 bits per heavy atom. The van der Waals surface area contributed by atoms with Gasteiger partial charge in [-0.1, -0.05) is 27.2 Å². The molecule has 0 atom stereocenters. The second-order valence-electron chi connectivity index (χ2n) is 4.61. The number of nitrogens with zero attached hydrogens (tertiary/aromatic N) is 3. The lowest BCUT2D eigenvalue weighted by Crippen LogP contribution is -2.25. The molecule has 0 aliphatic heterocycles. The highest BCUT2D eigenvalue weighted by atomic mass is 15.2. The fraction of sp³-hybridized carbons (Fsp3) is 0.786. The van der Waals surface area contributed by atoms with Crippen molar-refractivity contribution in [1.29, 1.82) is 0 Å². The number of unbranched alkanes of at least 4 members (excludes halogenated alkanes) is 1. The normalized spacial score (nSPS) is 11.1. The monoisotopic (exact) mass is 252 g/mol. The fourth-order valence-electron chi connectivity index (χ4n) is 2.04. The summed E-state index contributed by atoms with van der Waals surface area (Å²) in [5.41, 5.74) is 0. The molecule has 0 radical (unpaired) electrons. The Balaban J connectivity index is 2.31. The van der Waals surface area contributed by atoms with Gasteiger partial charge in [-0.25, -0.2) is 4.98 Å². The summed E-state index contributed by atoms with van der Waals surface area (Å²) in [5.74, 6) is 1.02. The number of aromatic nitrogens is 2. The highest BCUT2D eigenvalue weighted by Crippen LogP contribution is 2.06. The Kier molecular flexibility index (Phi) is 7.49. The predicted octanol–water partition coefficient (Wildman–Crippen LogP) is 2.83. The van der Waals surface area contributed by atoms with Crippen molar-refractivity contribution in [1.82, 2.24) is 14.5 Å². The number of hydrogen-bond donors (Lipinski definition) is 1. The van der Waals surface area contributed by atoms with Gasteiger partial charge in [0, 0.05) is 25.5 Å². The number of imidazole rings is 1. The van der Waals surface area contributed by atoms with Crippen LogP contribution >= 0.6 is 0 Å². The Bertz CT molecular complexity index is 304. The van der Waals surface area contributed by atoms with Gasteiger partial charge in [0.15, 0.2) is 0 Å². The average molecular weight is 252 g/mol. The molecule has 104 valence electrons. The first-order valence-electron chi connectivity index (χ1n) is 7.29. The minimum atomic E-state index is 1.02. The van der Waals surface area contributed by atoms with Gasteiger partial charge in [-0.2, -0.15) is 0 Å². The Labute approximate surface area is 111 Å². The maximum Gasteiger partial charge on any atom is 0.202 e. The highest BCUT2D eigenvalue weighted by molar-refractivity contribution is 5.25. The molecule has 4 heteroatoms. The number of hydrogen-bond acceptors (Lipinski definition) is 3. The van der Waals surface area contributed by atoms with E-state index in [1.54, 1.807) is 0 Å². The molecule has 0 saturated carbocycles. The van der Waals surface area contributed by atoms with E-state index in [4.69, 9.17) is 0 Å². The summed E-state index contributed by atoms with van der Waals surface area (Å²) < 4.78 is 2.22. The standard InChI is InChI=1S/C14H28N4/c1-4-7-9-15-14-16-10-13-18(14)12-8-11-17(5-2)6-3/h10,13H,4-9,11-12H2,1-3H3,(H,15,16). The van der Waals surface area contributed by atoms with Crippen LogP contribution in [0, 0.1) is 0 Å². The Morgan fingerprint density at radius 2 is 2.00 bits per heavy atom. The summed E-state index contributed by atoms with van der Waals surface area (Å²) >= 11 is 0. The molecule has 1 heterocycles. The molecule has 0 fully saturated rings. The van der Waals surface area contributed by atoms with E-state index in [0.29, 0.717) is 0 Å². The zero-order chi connectivity index (χ0) is 13.2. The quantitative estimate of drug-likeness (QED) is 0.650. The van der Waals surface area contributed by atoms with E-state index in [0.717, 1.165) is 32.1 Å². The van der Waals surface area contributed by atoms with Crippen LogP contribution in [-0.4, -0.2) is 40.6 Å². The van der Waals surface area contributed by atoms with Gasteiger partial charge in [-0.3, -0.25) is 0 Å². The molecule has 1 rings (SSSR count). The topological polar surface area (TPSA) is 33.1 Å². The third-order valence-electron chi connectivity index (χ3n) is 3.30. The van der Waals surface area contributed by atoms with Crippen LogP contribution in [0.15, 0.2) is 12.4 Å². The first-order valence-corrected chi connectivity index (χ1v) is 7.29. The average Bonchev–Trinajstić information content (AvgIpc) is 2.83. The molecule has 1 aromatic rings.